The van der Waals surface area contributed by atoms with Gasteiger partial charge in [-0.25, -0.2) is 4.98 Å². The summed E-state index contributed by atoms with van der Waals surface area (Å²) in [4.78, 5) is 40.8. The molecule has 202 valence electrons. The van der Waals surface area contributed by atoms with Gasteiger partial charge in [-0.3, -0.25) is 19.7 Å². The van der Waals surface area contributed by atoms with E-state index in [1.54, 1.807) is 18.3 Å². The standard InChI is InChI=1S/C29H26N6O4S/c1-35-21-6-4-3-5-17(21)11-22(35)29(38)33-20-9-7-16(12-23(20)39-2)19-15-40-27-18(14-32-28(31)26(19)27)8-10-24(36)34-25(37)13-30/h3-12,14-15H,13,30H2,1-2H3,(H2,31,32)(H,33,38)(H,34,36,37)/b10-8+. The van der Waals surface area contributed by atoms with E-state index in [1.165, 1.54) is 24.5 Å². The number of thiophene rings is 1. The molecule has 10 nitrogen and oxygen atoms in total. The molecular formula is C29H26N6O4S. The summed E-state index contributed by atoms with van der Waals surface area (Å²) in [5.41, 5.74) is 15.8. The number of amides is 3. The number of anilines is 2. The summed E-state index contributed by atoms with van der Waals surface area (Å²) in [5, 5.41) is 8.77. The molecular weight excluding hydrogens is 528 g/mol. The molecule has 0 saturated carbocycles. The highest BCUT2D eigenvalue weighted by molar-refractivity contribution is 7.18. The lowest BCUT2D eigenvalue weighted by Crippen LogP contribution is -2.34. The highest BCUT2D eigenvalue weighted by Crippen LogP contribution is 2.41. The number of para-hydroxylation sites is 1. The summed E-state index contributed by atoms with van der Waals surface area (Å²) in [7, 11) is 3.39. The van der Waals surface area contributed by atoms with Gasteiger partial charge in [0.2, 0.25) is 5.91 Å². The summed E-state index contributed by atoms with van der Waals surface area (Å²) in [6, 6.07) is 15.1. The van der Waals surface area contributed by atoms with Crippen LogP contribution in [0.1, 0.15) is 16.1 Å². The number of carbonyl (C=O) groups excluding carboxylic acids is 3. The number of benzene rings is 2. The van der Waals surface area contributed by atoms with Crippen LogP contribution in [0, 0.1) is 0 Å². The largest absolute Gasteiger partial charge is 0.495 e. The van der Waals surface area contributed by atoms with Crippen molar-refractivity contribution in [1.29, 1.82) is 0 Å². The van der Waals surface area contributed by atoms with E-state index in [0.29, 0.717) is 28.5 Å². The topological polar surface area (TPSA) is 154 Å². The molecule has 0 spiro atoms. The number of rotatable bonds is 7. The molecule has 0 aliphatic rings. The van der Waals surface area contributed by atoms with Crippen LogP contribution < -0.4 is 26.8 Å². The monoisotopic (exact) mass is 554 g/mol. The van der Waals surface area contributed by atoms with Crippen LogP contribution >= 0.6 is 11.3 Å². The minimum absolute atomic E-state index is 0.257. The molecule has 11 heteroatoms. The molecule has 2 aromatic carbocycles. The van der Waals surface area contributed by atoms with Crippen molar-refractivity contribution in [3.63, 3.8) is 0 Å². The number of pyridine rings is 1. The van der Waals surface area contributed by atoms with E-state index in [2.05, 4.69) is 15.6 Å². The third-order valence-electron chi connectivity index (χ3n) is 6.46. The van der Waals surface area contributed by atoms with Crippen LogP contribution in [0.25, 0.3) is 38.2 Å². The molecule has 3 amide bonds. The fourth-order valence-corrected chi connectivity index (χ4v) is 5.55. The number of carbonyl (C=O) groups is 3. The van der Waals surface area contributed by atoms with Crippen LogP contribution in [0.15, 0.2) is 66.2 Å². The Morgan fingerprint density at radius 3 is 2.70 bits per heavy atom. The first-order valence-electron chi connectivity index (χ1n) is 12.2. The number of aromatic nitrogens is 2. The predicted octanol–water partition coefficient (Wildman–Crippen LogP) is 3.91. The maximum Gasteiger partial charge on any atom is 0.272 e. The Hall–Kier alpha value is -5.00. The molecule has 0 saturated heterocycles. The van der Waals surface area contributed by atoms with Crippen LogP contribution in [-0.2, 0) is 16.6 Å². The van der Waals surface area contributed by atoms with Gasteiger partial charge < -0.3 is 26.1 Å². The molecule has 0 bridgehead atoms. The summed E-state index contributed by atoms with van der Waals surface area (Å²) in [6.45, 7) is -0.281. The first-order valence-corrected chi connectivity index (χ1v) is 13.1. The van der Waals surface area contributed by atoms with Crippen LogP contribution in [0.4, 0.5) is 11.5 Å². The zero-order valence-electron chi connectivity index (χ0n) is 21.7. The number of hydrogen-bond acceptors (Lipinski definition) is 8. The van der Waals surface area contributed by atoms with E-state index in [-0.39, 0.29) is 12.5 Å². The summed E-state index contributed by atoms with van der Waals surface area (Å²) < 4.78 is 8.30. The minimum Gasteiger partial charge on any atom is -0.495 e. The fourth-order valence-electron chi connectivity index (χ4n) is 4.47. The van der Waals surface area contributed by atoms with Gasteiger partial charge in [0.15, 0.2) is 0 Å². The minimum atomic E-state index is -0.581. The van der Waals surface area contributed by atoms with E-state index in [4.69, 9.17) is 16.2 Å². The van der Waals surface area contributed by atoms with Crippen molar-refractivity contribution in [1.82, 2.24) is 14.9 Å². The molecule has 0 aliphatic carbocycles. The van der Waals surface area contributed by atoms with E-state index >= 15 is 0 Å². The highest BCUT2D eigenvalue weighted by Gasteiger charge is 2.18. The normalized spacial score (nSPS) is 11.3. The average Bonchev–Trinajstić information content (AvgIpc) is 3.55. The Balaban J connectivity index is 1.45. The van der Waals surface area contributed by atoms with E-state index in [9.17, 15) is 14.4 Å². The SMILES string of the molecule is COc1cc(-c2csc3c(/C=C/C(=O)NC(=O)CN)cnc(N)c23)ccc1NC(=O)c1cc2ccccc2n1C. The van der Waals surface area contributed by atoms with Gasteiger partial charge in [0.25, 0.3) is 11.8 Å². The number of nitrogen functional groups attached to an aromatic ring is 1. The van der Waals surface area contributed by atoms with Crippen molar-refractivity contribution in [3.05, 3.63) is 77.4 Å². The lowest BCUT2D eigenvalue weighted by Gasteiger charge is -2.13. The fraction of sp³-hybridized carbons (Fsp3) is 0.103. The smallest absolute Gasteiger partial charge is 0.272 e. The van der Waals surface area contributed by atoms with Crippen LogP contribution in [-0.4, -0.2) is 40.9 Å². The quantitative estimate of drug-likeness (QED) is 0.222. The van der Waals surface area contributed by atoms with E-state index < -0.39 is 11.8 Å². The summed E-state index contributed by atoms with van der Waals surface area (Å²) in [6.07, 6.45) is 4.38. The number of nitrogens with two attached hydrogens (primary N) is 2. The molecule has 0 unspecified atom stereocenters. The number of ether oxygens (including phenoxy) is 1. The average molecular weight is 555 g/mol. The third kappa shape index (κ3) is 5.03. The molecule has 0 atom stereocenters. The Morgan fingerprint density at radius 1 is 1.15 bits per heavy atom. The number of imide groups is 1. The Bertz CT molecular complexity index is 1820. The zero-order valence-corrected chi connectivity index (χ0v) is 22.5. The molecule has 3 heterocycles. The zero-order chi connectivity index (χ0) is 28.4. The maximum atomic E-state index is 13.2. The molecule has 0 radical (unpaired) electrons. The first kappa shape index (κ1) is 26.6. The first-order chi connectivity index (χ1) is 19.3. The summed E-state index contributed by atoms with van der Waals surface area (Å²) in [5.74, 6) is -0.596. The van der Waals surface area contributed by atoms with Gasteiger partial charge in [-0.2, -0.15) is 0 Å². The van der Waals surface area contributed by atoms with Gasteiger partial charge in [-0.15, -0.1) is 11.3 Å². The van der Waals surface area contributed by atoms with Crippen molar-refractivity contribution >= 4 is 67.6 Å². The molecule has 5 rings (SSSR count). The number of methoxy groups -OCH3 is 1. The van der Waals surface area contributed by atoms with Gasteiger partial charge >= 0.3 is 0 Å². The van der Waals surface area contributed by atoms with Crippen molar-refractivity contribution in [3.8, 4) is 16.9 Å². The second kappa shape index (κ2) is 11.0. The third-order valence-corrected chi connectivity index (χ3v) is 7.49. The van der Waals surface area contributed by atoms with Gasteiger partial charge in [0, 0.05) is 51.4 Å². The number of fused-ring (bicyclic) bond motifs is 2. The van der Waals surface area contributed by atoms with Crippen LogP contribution in [0.5, 0.6) is 5.75 Å². The van der Waals surface area contributed by atoms with Gasteiger partial charge in [-0.1, -0.05) is 24.3 Å². The molecule has 6 N–H and O–H groups in total. The lowest BCUT2D eigenvalue weighted by molar-refractivity contribution is -0.127. The number of nitrogens with zero attached hydrogens (tertiary/aromatic N) is 2. The van der Waals surface area contributed by atoms with Crippen molar-refractivity contribution in [2.45, 2.75) is 0 Å². The van der Waals surface area contributed by atoms with E-state index in [0.717, 1.165) is 32.1 Å². The molecule has 5 aromatic rings. The second-order valence-electron chi connectivity index (χ2n) is 8.92. The lowest BCUT2D eigenvalue weighted by atomic mass is 10.0. The Morgan fingerprint density at radius 2 is 1.95 bits per heavy atom. The van der Waals surface area contributed by atoms with Crippen LogP contribution in [0.3, 0.4) is 0 Å². The van der Waals surface area contributed by atoms with Gasteiger partial charge in [0.05, 0.1) is 19.3 Å². The second-order valence-corrected chi connectivity index (χ2v) is 9.80. The molecule has 3 aromatic heterocycles. The highest BCUT2D eigenvalue weighted by atomic mass is 32.1. The number of nitrogens with one attached hydrogen (secondary N) is 2. The predicted molar refractivity (Wildman–Crippen MR) is 158 cm³/mol. The maximum absolute atomic E-state index is 13.2. The van der Waals surface area contributed by atoms with Gasteiger partial charge in [-0.05, 0) is 41.3 Å². The molecule has 0 aliphatic heterocycles. The van der Waals surface area contributed by atoms with Crippen LogP contribution in [0.2, 0.25) is 0 Å². The van der Waals surface area contributed by atoms with Crippen molar-refractivity contribution in [2.24, 2.45) is 12.8 Å². The van der Waals surface area contributed by atoms with E-state index in [1.807, 2.05) is 59.5 Å². The molecule has 0 fully saturated rings. The number of hydrogen-bond donors (Lipinski definition) is 4. The van der Waals surface area contributed by atoms with Gasteiger partial charge in [0.1, 0.15) is 17.3 Å². The van der Waals surface area contributed by atoms with Crippen molar-refractivity contribution in [2.75, 3.05) is 24.7 Å². The number of aryl methyl sites for hydroxylation is 1. The molecule has 40 heavy (non-hydrogen) atoms. The Labute approximate surface area is 233 Å². The Kier molecular flexibility index (Phi) is 7.32. The van der Waals surface area contributed by atoms with Crippen molar-refractivity contribution < 1.29 is 19.1 Å². The summed E-state index contributed by atoms with van der Waals surface area (Å²) >= 11 is 1.45.